The molecule has 0 saturated carbocycles. The molecule has 1 heterocycles. The van der Waals surface area contributed by atoms with Crippen LogP contribution in [0.2, 0.25) is 0 Å². The lowest BCUT2D eigenvalue weighted by molar-refractivity contribution is -0.125. The molecule has 1 aromatic heterocycles. The van der Waals surface area contributed by atoms with Crippen molar-refractivity contribution in [3.8, 4) is 0 Å². The van der Waals surface area contributed by atoms with Crippen LogP contribution in [0.4, 0.5) is 0 Å². The largest absolute Gasteiger partial charge is 0.356 e. The Hall–Kier alpha value is -1.81. The number of fused-ring (bicyclic) bond motifs is 3. The number of nitrogens with one attached hydrogen (secondary N) is 1. The Bertz CT molecular complexity index is 760. The summed E-state index contributed by atoms with van der Waals surface area (Å²) in [5.74, 6) is 0.281. The molecular weight excluding hydrogens is 298 g/mol. The quantitative estimate of drug-likeness (QED) is 0.830. The third kappa shape index (κ3) is 2.95. The summed E-state index contributed by atoms with van der Waals surface area (Å²) < 4.78 is 2.44. The van der Waals surface area contributed by atoms with Gasteiger partial charge in [-0.25, -0.2) is 0 Å². The monoisotopic (exact) mass is 327 g/mol. The van der Waals surface area contributed by atoms with Crippen LogP contribution in [0.1, 0.15) is 42.1 Å². The van der Waals surface area contributed by atoms with E-state index in [2.05, 4.69) is 42.8 Å². The molecule has 1 aliphatic carbocycles. The zero-order chi connectivity index (χ0) is 17.3. The maximum atomic E-state index is 12.5. The Morgan fingerprint density at radius 2 is 2.08 bits per heavy atom. The summed E-state index contributed by atoms with van der Waals surface area (Å²) in [6, 6.07) is 4.62. The third-order valence-corrected chi connectivity index (χ3v) is 5.45. The minimum Gasteiger partial charge on any atom is -0.356 e. The molecule has 0 bridgehead atoms. The highest BCUT2D eigenvalue weighted by Crippen LogP contribution is 2.35. The van der Waals surface area contributed by atoms with Gasteiger partial charge in [0.1, 0.15) is 0 Å². The lowest BCUT2D eigenvalue weighted by Crippen LogP contribution is -2.35. The Morgan fingerprint density at radius 1 is 1.33 bits per heavy atom. The van der Waals surface area contributed by atoms with Crippen LogP contribution in [-0.4, -0.2) is 23.6 Å². The van der Waals surface area contributed by atoms with Crippen molar-refractivity contribution in [3.05, 3.63) is 34.5 Å². The van der Waals surface area contributed by atoms with Crippen molar-refractivity contribution in [1.29, 1.82) is 0 Å². The van der Waals surface area contributed by atoms with E-state index in [4.69, 9.17) is 5.73 Å². The van der Waals surface area contributed by atoms with E-state index in [1.165, 1.54) is 33.3 Å². The number of rotatable bonds is 5. The second-order valence-corrected chi connectivity index (χ2v) is 7.00. The molecule has 1 aromatic carbocycles. The van der Waals surface area contributed by atoms with Gasteiger partial charge in [-0.15, -0.1) is 0 Å². The first-order chi connectivity index (χ1) is 11.6. The van der Waals surface area contributed by atoms with Gasteiger partial charge in [-0.3, -0.25) is 4.79 Å². The van der Waals surface area contributed by atoms with E-state index in [-0.39, 0.29) is 11.8 Å². The fourth-order valence-corrected chi connectivity index (χ4v) is 3.95. The van der Waals surface area contributed by atoms with E-state index in [9.17, 15) is 4.79 Å². The van der Waals surface area contributed by atoms with Gasteiger partial charge in [-0.1, -0.05) is 0 Å². The number of hydrogen-bond acceptors (Lipinski definition) is 2. The predicted octanol–water partition coefficient (Wildman–Crippen LogP) is 2.85. The molecule has 130 valence electrons. The van der Waals surface area contributed by atoms with Crippen molar-refractivity contribution >= 4 is 16.8 Å². The van der Waals surface area contributed by atoms with Crippen molar-refractivity contribution in [3.63, 3.8) is 0 Å². The van der Waals surface area contributed by atoms with E-state index < -0.39 is 0 Å². The summed E-state index contributed by atoms with van der Waals surface area (Å²) in [5, 5.41) is 4.39. The van der Waals surface area contributed by atoms with E-state index in [0.29, 0.717) is 13.1 Å². The van der Waals surface area contributed by atoms with E-state index in [1.54, 1.807) is 0 Å². The molecule has 24 heavy (non-hydrogen) atoms. The Balaban J connectivity index is 1.93. The smallest absolute Gasteiger partial charge is 0.223 e. The van der Waals surface area contributed by atoms with Crippen molar-refractivity contribution in [2.24, 2.45) is 11.7 Å². The lowest BCUT2D eigenvalue weighted by Gasteiger charge is -2.23. The van der Waals surface area contributed by atoms with Crippen molar-refractivity contribution in [2.45, 2.75) is 53.0 Å². The van der Waals surface area contributed by atoms with Crippen LogP contribution in [0.25, 0.3) is 10.9 Å². The molecule has 0 aliphatic heterocycles. The highest BCUT2D eigenvalue weighted by molar-refractivity contribution is 5.89. The number of aryl methyl sites for hydroxylation is 3. The maximum absolute atomic E-state index is 12.5. The molecule has 2 aromatic rings. The van der Waals surface area contributed by atoms with Gasteiger partial charge in [0.25, 0.3) is 0 Å². The molecule has 4 heteroatoms. The Labute approximate surface area is 144 Å². The van der Waals surface area contributed by atoms with Crippen LogP contribution in [0.15, 0.2) is 12.1 Å². The fraction of sp³-hybridized carbons (Fsp3) is 0.550. The van der Waals surface area contributed by atoms with Gasteiger partial charge in [-0.2, -0.15) is 0 Å². The van der Waals surface area contributed by atoms with Gasteiger partial charge >= 0.3 is 0 Å². The van der Waals surface area contributed by atoms with Gasteiger partial charge in [0.2, 0.25) is 5.91 Å². The normalized spacial score (nSPS) is 17.1. The molecule has 0 saturated heterocycles. The van der Waals surface area contributed by atoms with Gasteiger partial charge in [0.05, 0.1) is 0 Å². The van der Waals surface area contributed by atoms with Crippen molar-refractivity contribution < 1.29 is 4.79 Å². The summed E-state index contributed by atoms with van der Waals surface area (Å²) >= 11 is 0. The Morgan fingerprint density at radius 3 is 2.79 bits per heavy atom. The summed E-state index contributed by atoms with van der Waals surface area (Å²) in [4.78, 5) is 12.5. The van der Waals surface area contributed by atoms with E-state index in [0.717, 1.165) is 32.2 Å². The predicted molar refractivity (Wildman–Crippen MR) is 99.3 cm³/mol. The van der Waals surface area contributed by atoms with Crippen LogP contribution in [0.5, 0.6) is 0 Å². The average Bonchev–Trinajstić information content (AvgIpc) is 2.87. The summed E-state index contributed by atoms with van der Waals surface area (Å²) in [5.41, 5.74) is 12.3. The van der Waals surface area contributed by atoms with Gasteiger partial charge in [0, 0.05) is 35.6 Å². The number of benzene rings is 1. The molecule has 0 radical (unpaired) electrons. The molecule has 3 N–H and O–H groups in total. The standard InChI is InChI=1S/C20H29N3O/c1-4-23-18-7-6-15(20(24)22-9-5-8-21)12-17(18)16-10-13(2)14(3)11-19(16)23/h10-11,15H,4-9,12,21H2,1-3H3,(H,22,24). The average molecular weight is 327 g/mol. The summed E-state index contributed by atoms with van der Waals surface area (Å²) in [6.07, 6.45) is 3.63. The van der Waals surface area contributed by atoms with Crippen molar-refractivity contribution in [2.75, 3.05) is 13.1 Å². The number of amides is 1. The topological polar surface area (TPSA) is 60.0 Å². The Kier molecular flexibility index (Phi) is 4.95. The molecule has 1 unspecified atom stereocenters. The molecule has 1 atom stereocenters. The fourth-order valence-electron chi connectivity index (χ4n) is 3.95. The van der Waals surface area contributed by atoms with E-state index >= 15 is 0 Å². The highest BCUT2D eigenvalue weighted by Gasteiger charge is 2.29. The van der Waals surface area contributed by atoms with Crippen LogP contribution >= 0.6 is 0 Å². The highest BCUT2D eigenvalue weighted by atomic mass is 16.1. The number of nitrogens with two attached hydrogens (primary N) is 1. The third-order valence-electron chi connectivity index (χ3n) is 5.45. The van der Waals surface area contributed by atoms with Crippen LogP contribution in [0, 0.1) is 19.8 Å². The van der Waals surface area contributed by atoms with Crippen LogP contribution < -0.4 is 11.1 Å². The number of hydrogen-bond donors (Lipinski definition) is 2. The summed E-state index contributed by atoms with van der Waals surface area (Å²) in [6.45, 7) is 8.85. The maximum Gasteiger partial charge on any atom is 0.223 e. The second-order valence-electron chi connectivity index (χ2n) is 7.00. The number of nitrogens with zero attached hydrogens (tertiary/aromatic N) is 1. The molecule has 4 nitrogen and oxygen atoms in total. The first-order valence-corrected chi connectivity index (χ1v) is 9.15. The lowest BCUT2D eigenvalue weighted by atomic mass is 9.85. The van der Waals surface area contributed by atoms with Gasteiger partial charge in [-0.05, 0) is 81.8 Å². The second kappa shape index (κ2) is 6.98. The van der Waals surface area contributed by atoms with Crippen molar-refractivity contribution in [1.82, 2.24) is 9.88 Å². The molecular formula is C20H29N3O. The van der Waals surface area contributed by atoms with Gasteiger partial charge in [0.15, 0.2) is 0 Å². The molecule has 1 aliphatic rings. The molecule has 3 rings (SSSR count). The van der Waals surface area contributed by atoms with Crippen LogP contribution in [-0.2, 0) is 24.2 Å². The SMILES string of the molecule is CCn1c2c(c3cc(C)c(C)cc31)CC(C(=O)NCCCN)CC2. The first kappa shape index (κ1) is 17.0. The minimum absolute atomic E-state index is 0.0905. The first-order valence-electron chi connectivity index (χ1n) is 9.15. The number of carbonyl (C=O) groups is 1. The van der Waals surface area contributed by atoms with E-state index in [1.807, 2.05) is 0 Å². The molecule has 0 fully saturated rings. The molecule has 0 spiro atoms. The van der Waals surface area contributed by atoms with Gasteiger partial charge < -0.3 is 15.6 Å². The molecule has 1 amide bonds. The minimum atomic E-state index is 0.0905. The zero-order valence-corrected chi connectivity index (χ0v) is 15.1. The van der Waals surface area contributed by atoms with Crippen LogP contribution in [0.3, 0.4) is 0 Å². The summed E-state index contributed by atoms with van der Waals surface area (Å²) in [7, 11) is 0. The number of aromatic nitrogens is 1. The zero-order valence-electron chi connectivity index (χ0n) is 15.1. The number of carbonyl (C=O) groups excluding carboxylic acids is 1.